The van der Waals surface area contributed by atoms with Gasteiger partial charge in [0, 0.05) is 28.2 Å². The van der Waals surface area contributed by atoms with E-state index in [0.717, 1.165) is 10.9 Å². The smallest absolute Gasteiger partial charge is 0.195 e. The van der Waals surface area contributed by atoms with E-state index in [1.54, 1.807) is 12.1 Å². The predicted octanol–water partition coefficient (Wildman–Crippen LogP) is 5.09. The van der Waals surface area contributed by atoms with Crippen molar-refractivity contribution in [3.8, 4) is 5.75 Å². The Kier molecular flexibility index (Phi) is 4.71. The van der Waals surface area contributed by atoms with Crippen LogP contribution in [0.3, 0.4) is 0 Å². The zero-order valence-electron chi connectivity index (χ0n) is 14.6. The minimum atomic E-state index is -0.289. The lowest BCUT2D eigenvalue weighted by Gasteiger charge is -2.08. The Hall–Kier alpha value is -3.40. The molecule has 134 valence electrons. The summed E-state index contributed by atoms with van der Waals surface area (Å²) in [5.74, 6) is 0.335. The number of aromatic nitrogens is 1. The summed E-state index contributed by atoms with van der Waals surface area (Å²) >= 11 is 0. The van der Waals surface area contributed by atoms with Crippen LogP contribution in [0.15, 0.2) is 85.1 Å². The van der Waals surface area contributed by atoms with E-state index in [1.807, 2.05) is 65.4 Å². The molecule has 3 nitrogen and oxygen atoms in total. The third-order valence-electron chi connectivity index (χ3n) is 4.48. The van der Waals surface area contributed by atoms with Gasteiger partial charge in [0.2, 0.25) is 0 Å². The number of nitrogens with zero attached hydrogens (tertiary/aromatic N) is 1. The van der Waals surface area contributed by atoms with Gasteiger partial charge in [-0.05, 0) is 30.3 Å². The Bertz CT molecular complexity index is 1070. The number of rotatable bonds is 6. The lowest BCUT2D eigenvalue weighted by molar-refractivity contribution is 0.104. The summed E-state index contributed by atoms with van der Waals surface area (Å²) < 4.78 is 20.7. The molecule has 0 fully saturated rings. The topological polar surface area (TPSA) is 31.2 Å². The molecule has 0 amide bonds. The van der Waals surface area contributed by atoms with Crippen molar-refractivity contribution in [3.63, 3.8) is 0 Å². The first-order chi connectivity index (χ1) is 13.2. The van der Waals surface area contributed by atoms with Crippen LogP contribution >= 0.6 is 0 Å². The van der Waals surface area contributed by atoms with E-state index in [0.29, 0.717) is 30.0 Å². The van der Waals surface area contributed by atoms with Crippen LogP contribution in [0.1, 0.15) is 15.9 Å². The zero-order valence-corrected chi connectivity index (χ0v) is 14.6. The minimum Gasteiger partial charge on any atom is -0.492 e. The maximum absolute atomic E-state index is 13.0. The highest BCUT2D eigenvalue weighted by Gasteiger charge is 2.16. The molecule has 0 radical (unpaired) electrons. The number of ether oxygens (including phenoxy) is 1. The third-order valence-corrected chi connectivity index (χ3v) is 4.48. The van der Waals surface area contributed by atoms with Crippen molar-refractivity contribution >= 4 is 16.7 Å². The van der Waals surface area contributed by atoms with Crippen LogP contribution in [-0.2, 0) is 6.54 Å². The van der Waals surface area contributed by atoms with Crippen molar-refractivity contribution in [1.82, 2.24) is 4.57 Å². The van der Waals surface area contributed by atoms with Crippen LogP contribution in [0.2, 0.25) is 0 Å². The fraction of sp³-hybridized carbons (Fsp3) is 0.0870. The Balaban J connectivity index is 1.58. The first-order valence-electron chi connectivity index (χ1n) is 8.78. The molecule has 0 atom stereocenters. The van der Waals surface area contributed by atoms with E-state index in [-0.39, 0.29) is 11.6 Å². The average Bonchev–Trinajstić information content (AvgIpc) is 3.08. The van der Waals surface area contributed by atoms with Crippen molar-refractivity contribution in [3.05, 3.63) is 102 Å². The molecule has 0 spiro atoms. The number of benzene rings is 3. The first-order valence-corrected chi connectivity index (χ1v) is 8.78. The fourth-order valence-electron chi connectivity index (χ4n) is 3.15. The third kappa shape index (κ3) is 3.60. The number of para-hydroxylation sites is 1. The molecule has 0 aliphatic rings. The van der Waals surface area contributed by atoms with E-state index < -0.39 is 0 Å². The van der Waals surface area contributed by atoms with Gasteiger partial charge in [-0.3, -0.25) is 4.79 Å². The lowest BCUT2D eigenvalue weighted by Crippen LogP contribution is -2.07. The van der Waals surface area contributed by atoms with E-state index >= 15 is 0 Å². The Labute approximate surface area is 156 Å². The summed E-state index contributed by atoms with van der Waals surface area (Å²) in [5.41, 5.74) is 2.33. The van der Waals surface area contributed by atoms with E-state index in [1.165, 1.54) is 12.1 Å². The fourth-order valence-corrected chi connectivity index (χ4v) is 3.15. The SMILES string of the molecule is O=C(c1ccccc1)c1cn(CCOc2ccc(F)cc2)c2ccccc12. The molecule has 1 aromatic heterocycles. The van der Waals surface area contributed by atoms with Crippen molar-refractivity contribution in [2.24, 2.45) is 0 Å². The van der Waals surface area contributed by atoms with Crippen molar-refractivity contribution < 1.29 is 13.9 Å². The molecule has 3 aromatic carbocycles. The van der Waals surface area contributed by atoms with E-state index in [9.17, 15) is 9.18 Å². The molecule has 0 saturated heterocycles. The number of halogens is 1. The van der Waals surface area contributed by atoms with Crippen molar-refractivity contribution in [1.29, 1.82) is 0 Å². The Morgan fingerprint density at radius 2 is 1.59 bits per heavy atom. The van der Waals surface area contributed by atoms with Gasteiger partial charge in [-0.15, -0.1) is 0 Å². The maximum Gasteiger partial charge on any atom is 0.195 e. The highest BCUT2D eigenvalue weighted by molar-refractivity contribution is 6.16. The quantitative estimate of drug-likeness (QED) is 0.449. The number of carbonyl (C=O) groups excluding carboxylic acids is 1. The van der Waals surface area contributed by atoms with Crippen LogP contribution < -0.4 is 4.74 Å². The van der Waals surface area contributed by atoms with Crippen molar-refractivity contribution in [2.45, 2.75) is 6.54 Å². The lowest BCUT2D eigenvalue weighted by atomic mass is 10.0. The molecule has 0 unspecified atom stereocenters. The highest BCUT2D eigenvalue weighted by atomic mass is 19.1. The van der Waals surface area contributed by atoms with Gasteiger partial charge in [-0.1, -0.05) is 48.5 Å². The number of ketones is 1. The minimum absolute atomic E-state index is 0.00463. The summed E-state index contributed by atoms with van der Waals surface area (Å²) in [5, 5.41) is 0.924. The molecule has 4 aromatic rings. The van der Waals surface area contributed by atoms with Gasteiger partial charge in [-0.25, -0.2) is 4.39 Å². The summed E-state index contributed by atoms with van der Waals surface area (Å²) in [6, 6.07) is 23.1. The standard InChI is InChI=1S/C23H18FNO2/c24-18-10-12-19(13-11-18)27-15-14-25-16-21(20-8-4-5-9-22(20)25)23(26)17-6-2-1-3-7-17/h1-13,16H,14-15H2. The Morgan fingerprint density at radius 1 is 0.889 bits per heavy atom. The van der Waals surface area contributed by atoms with Gasteiger partial charge < -0.3 is 9.30 Å². The normalized spacial score (nSPS) is 10.9. The van der Waals surface area contributed by atoms with Crippen LogP contribution in [0.25, 0.3) is 10.9 Å². The number of hydrogen-bond acceptors (Lipinski definition) is 2. The average molecular weight is 359 g/mol. The second-order valence-corrected chi connectivity index (χ2v) is 6.25. The van der Waals surface area contributed by atoms with Gasteiger partial charge in [0.1, 0.15) is 18.2 Å². The molecule has 1 heterocycles. The monoisotopic (exact) mass is 359 g/mol. The predicted molar refractivity (Wildman–Crippen MR) is 104 cm³/mol. The molecule has 0 aliphatic heterocycles. The van der Waals surface area contributed by atoms with Gasteiger partial charge in [-0.2, -0.15) is 0 Å². The number of fused-ring (bicyclic) bond motifs is 1. The molecule has 0 saturated carbocycles. The molecule has 4 rings (SSSR count). The van der Waals surface area contributed by atoms with E-state index in [2.05, 4.69) is 0 Å². The summed E-state index contributed by atoms with van der Waals surface area (Å²) in [6.07, 6.45) is 1.88. The van der Waals surface area contributed by atoms with E-state index in [4.69, 9.17) is 4.74 Å². The van der Waals surface area contributed by atoms with Gasteiger partial charge in [0.25, 0.3) is 0 Å². The van der Waals surface area contributed by atoms with Crippen LogP contribution in [0.4, 0.5) is 4.39 Å². The molecular formula is C23H18FNO2. The zero-order chi connectivity index (χ0) is 18.6. The van der Waals surface area contributed by atoms with Crippen LogP contribution in [0, 0.1) is 5.82 Å². The largest absolute Gasteiger partial charge is 0.492 e. The second kappa shape index (κ2) is 7.46. The Morgan fingerprint density at radius 3 is 2.37 bits per heavy atom. The number of hydrogen-bond donors (Lipinski definition) is 0. The van der Waals surface area contributed by atoms with Gasteiger partial charge >= 0.3 is 0 Å². The summed E-state index contributed by atoms with van der Waals surface area (Å²) in [7, 11) is 0. The van der Waals surface area contributed by atoms with Gasteiger partial charge in [0.15, 0.2) is 5.78 Å². The first kappa shape index (κ1) is 17.0. The number of carbonyl (C=O) groups is 1. The molecular weight excluding hydrogens is 341 g/mol. The highest BCUT2D eigenvalue weighted by Crippen LogP contribution is 2.24. The molecule has 0 bridgehead atoms. The molecule has 27 heavy (non-hydrogen) atoms. The van der Waals surface area contributed by atoms with Gasteiger partial charge in [0.05, 0.1) is 6.54 Å². The summed E-state index contributed by atoms with van der Waals surface area (Å²) in [4.78, 5) is 12.9. The summed E-state index contributed by atoms with van der Waals surface area (Å²) in [6.45, 7) is 1.00. The van der Waals surface area contributed by atoms with Crippen molar-refractivity contribution in [2.75, 3.05) is 6.61 Å². The second-order valence-electron chi connectivity index (χ2n) is 6.25. The molecule has 0 N–H and O–H groups in total. The van der Waals surface area contributed by atoms with Crippen LogP contribution in [-0.4, -0.2) is 17.0 Å². The molecule has 0 aliphatic carbocycles. The maximum atomic E-state index is 13.0. The molecule has 4 heteroatoms. The van der Waals surface area contributed by atoms with Crippen LogP contribution in [0.5, 0.6) is 5.75 Å².